The zero-order valence-corrected chi connectivity index (χ0v) is 17.7. The van der Waals surface area contributed by atoms with Crippen molar-refractivity contribution in [2.24, 2.45) is 0 Å². The van der Waals surface area contributed by atoms with E-state index in [1.54, 1.807) is 0 Å². The van der Waals surface area contributed by atoms with Crippen LogP contribution in [0.15, 0.2) is 29.2 Å². The number of rotatable bonds is 4. The number of carbonyl (C=O) groups excluding carboxylic acids is 2. The number of nitrogens with zero attached hydrogens (tertiary/aromatic N) is 1. The quantitative estimate of drug-likeness (QED) is 0.482. The van der Waals surface area contributed by atoms with E-state index in [-0.39, 0.29) is 11.2 Å². The number of halogens is 6. The number of alkyl halides is 6. The van der Waals surface area contributed by atoms with Crippen molar-refractivity contribution in [3.05, 3.63) is 24.3 Å². The molecule has 0 spiro atoms. The van der Waals surface area contributed by atoms with Gasteiger partial charge in [-0.25, -0.2) is 13.3 Å². The topological polar surface area (TPSA) is 95.6 Å². The van der Waals surface area contributed by atoms with Crippen LogP contribution in [0, 0.1) is 0 Å². The minimum atomic E-state index is -5.79. The standard InChI is InChI=1S/C17H17F6N3O4S2/c18-16(19,20)13(27)26(14(28)17(21,22)23)11-6-8-12(9-7-11)32(29,30)25-15(31)24-10-4-2-1-3-5-10/h6-10H,1-5H2,(H2,24,25,31). The highest BCUT2D eigenvalue weighted by Crippen LogP contribution is 2.29. The molecule has 1 aromatic rings. The molecule has 0 aromatic heterocycles. The molecule has 15 heteroatoms. The SMILES string of the molecule is O=C(N(C(=O)C(F)(F)F)c1ccc(S(=O)(=O)NC(=S)NC2CCCCC2)cc1)C(F)(F)F. The highest BCUT2D eigenvalue weighted by atomic mass is 32.2. The molecule has 1 aromatic carbocycles. The van der Waals surface area contributed by atoms with Crippen molar-refractivity contribution in [1.29, 1.82) is 0 Å². The Kier molecular flexibility index (Phi) is 7.75. The van der Waals surface area contributed by atoms with E-state index in [1.807, 2.05) is 4.72 Å². The first-order chi connectivity index (χ1) is 14.6. The van der Waals surface area contributed by atoms with E-state index in [9.17, 15) is 44.3 Å². The van der Waals surface area contributed by atoms with Gasteiger partial charge in [0.25, 0.3) is 10.0 Å². The summed E-state index contributed by atoms with van der Waals surface area (Å²) in [6, 6.07) is 2.19. The van der Waals surface area contributed by atoms with Gasteiger partial charge in [0.2, 0.25) is 0 Å². The molecule has 0 bridgehead atoms. The summed E-state index contributed by atoms with van der Waals surface area (Å²) in [6.45, 7) is 0. The monoisotopic (exact) mass is 505 g/mol. The molecule has 0 unspecified atom stereocenters. The predicted molar refractivity (Wildman–Crippen MR) is 104 cm³/mol. The third-order valence-corrected chi connectivity index (χ3v) is 6.18. The lowest BCUT2D eigenvalue weighted by Gasteiger charge is -2.24. The Labute approximate surface area is 184 Å². The third-order valence-electron chi connectivity index (χ3n) is 4.46. The normalized spacial score (nSPS) is 15.7. The average Bonchev–Trinajstić information content (AvgIpc) is 2.67. The van der Waals surface area contributed by atoms with Crippen LogP contribution >= 0.6 is 12.2 Å². The maximum atomic E-state index is 12.7. The summed E-state index contributed by atoms with van der Waals surface area (Å²) in [5, 5.41) is 2.61. The summed E-state index contributed by atoms with van der Waals surface area (Å²) in [5.41, 5.74) is -1.11. The first kappa shape index (κ1) is 25.8. The van der Waals surface area contributed by atoms with Crippen molar-refractivity contribution in [3.8, 4) is 0 Å². The second-order valence-electron chi connectivity index (χ2n) is 6.85. The van der Waals surface area contributed by atoms with Crippen LogP contribution in [0.2, 0.25) is 0 Å². The smallest absolute Gasteiger partial charge is 0.359 e. The average molecular weight is 505 g/mol. The van der Waals surface area contributed by atoms with Crippen LogP contribution in [-0.2, 0) is 19.6 Å². The van der Waals surface area contributed by atoms with Crippen LogP contribution in [0.1, 0.15) is 32.1 Å². The number of benzene rings is 1. The molecule has 1 aliphatic rings. The molecule has 2 amide bonds. The zero-order chi connectivity index (χ0) is 24.3. The van der Waals surface area contributed by atoms with Gasteiger partial charge in [0.1, 0.15) is 0 Å². The number of imide groups is 1. The summed E-state index contributed by atoms with van der Waals surface area (Å²) >= 11 is 4.95. The number of hydrogen-bond donors (Lipinski definition) is 2. The first-order valence-electron chi connectivity index (χ1n) is 9.09. The highest BCUT2D eigenvalue weighted by Gasteiger charge is 2.52. The van der Waals surface area contributed by atoms with E-state index >= 15 is 0 Å². The van der Waals surface area contributed by atoms with Gasteiger partial charge in [0, 0.05) is 6.04 Å². The Morgan fingerprint density at radius 2 is 1.38 bits per heavy atom. The van der Waals surface area contributed by atoms with E-state index in [0.29, 0.717) is 24.3 Å². The third kappa shape index (κ3) is 6.54. The van der Waals surface area contributed by atoms with E-state index in [2.05, 4.69) is 5.32 Å². The van der Waals surface area contributed by atoms with Crippen LogP contribution in [0.25, 0.3) is 0 Å². The van der Waals surface area contributed by atoms with Crippen molar-refractivity contribution >= 4 is 44.9 Å². The minimum absolute atomic E-state index is 0.0309. The molecule has 2 N–H and O–H groups in total. The van der Waals surface area contributed by atoms with Gasteiger partial charge in [-0.3, -0.25) is 14.3 Å². The van der Waals surface area contributed by atoms with Crippen molar-refractivity contribution < 1.29 is 44.3 Å². The van der Waals surface area contributed by atoms with Gasteiger partial charge >= 0.3 is 24.2 Å². The maximum Gasteiger partial charge on any atom is 0.472 e. The summed E-state index contributed by atoms with van der Waals surface area (Å²) in [5.74, 6) is -6.15. The molecule has 0 aliphatic heterocycles. The van der Waals surface area contributed by atoms with Gasteiger partial charge in [0.15, 0.2) is 5.11 Å². The Morgan fingerprint density at radius 1 is 0.906 bits per heavy atom. The van der Waals surface area contributed by atoms with Crippen molar-refractivity contribution in [2.75, 3.05) is 4.90 Å². The Hall–Kier alpha value is -2.42. The molecule has 0 atom stereocenters. The van der Waals surface area contributed by atoms with Crippen LogP contribution < -0.4 is 14.9 Å². The van der Waals surface area contributed by atoms with Crippen LogP contribution in [0.3, 0.4) is 0 Å². The van der Waals surface area contributed by atoms with Crippen LogP contribution in [0.4, 0.5) is 32.0 Å². The molecule has 32 heavy (non-hydrogen) atoms. The summed E-state index contributed by atoms with van der Waals surface area (Å²) < 4.78 is 103. The Bertz CT molecular complexity index is 945. The van der Waals surface area contributed by atoms with E-state index in [1.165, 1.54) is 0 Å². The second-order valence-corrected chi connectivity index (χ2v) is 8.94. The molecular formula is C17H17F6N3O4S2. The number of hydrogen-bond acceptors (Lipinski definition) is 5. The Morgan fingerprint density at radius 3 is 1.81 bits per heavy atom. The summed E-state index contributed by atoms with van der Waals surface area (Å²) in [7, 11) is -4.34. The van der Waals surface area contributed by atoms with Crippen LogP contribution in [0.5, 0.6) is 0 Å². The zero-order valence-electron chi connectivity index (χ0n) is 16.1. The van der Waals surface area contributed by atoms with E-state index in [0.717, 1.165) is 32.1 Å². The van der Waals surface area contributed by atoms with Crippen molar-refractivity contribution in [3.63, 3.8) is 0 Å². The molecule has 1 saturated carbocycles. The van der Waals surface area contributed by atoms with Gasteiger partial charge < -0.3 is 5.32 Å². The fourth-order valence-electron chi connectivity index (χ4n) is 3.00. The first-order valence-corrected chi connectivity index (χ1v) is 11.0. The fourth-order valence-corrected chi connectivity index (χ4v) is 4.41. The van der Waals surface area contributed by atoms with E-state index in [4.69, 9.17) is 12.2 Å². The number of sulfonamides is 1. The van der Waals surface area contributed by atoms with Crippen molar-refractivity contribution in [2.45, 2.75) is 55.4 Å². The molecule has 7 nitrogen and oxygen atoms in total. The lowest BCUT2D eigenvalue weighted by molar-refractivity contribution is -0.181. The Balaban J connectivity index is 2.23. The van der Waals surface area contributed by atoms with Crippen LogP contribution in [-0.4, -0.2) is 43.7 Å². The maximum absolute atomic E-state index is 12.7. The molecular weight excluding hydrogens is 488 g/mol. The second kappa shape index (κ2) is 9.60. The molecule has 2 rings (SSSR count). The summed E-state index contributed by atoms with van der Waals surface area (Å²) in [4.78, 5) is 21.1. The minimum Gasteiger partial charge on any atom is -0.359 e. The largest absolute Gasteiger partial charge is 0.472 e. The van der Waals surface area contributed by atoms with Gasteiger partial charge in [-0.2, -0.15) is 26.3 Å². The number of thiocarbonyl (C=S) groups is 1. The molecule has 1 aliphatic carbocycles. The highest BCUT2D eigenvalue weighted by molar-refractivity contribution is 7.91. The number of carbonyl (C=O) groups is 2. The van der Waals surface area contributed by atoms with Gasteiger partial charge in [-0.15, -0.1) is 0 Å². The lowest BCUT2D eigenvalue weighted by atomic mass is 9.96. The van der Waals surface area contributed by atoms with Gasteiger partial charge in [0.05, 0.1) is 10.6 Å². The number of anilines is 1. The van der Waals surface area contributed by atoms with Gasteiger partial charge in [-0.05, 0) is 49.3 Å². The number of amides is 2. The molecule has 0 saturated heterocycles. The summed E-state index contributed by atoms with van der Waals surface area (Å²) in [6.07, 6.45) is -7.07. The van der Waals surface area contributed by atoms with Gasteiger partial charge in [-0.1, -0.05) is 19.3 Å². The molecule has 0 radical (unpaired) electrons. The number of nitrogens with one attached hydrogen (secondary N) is 2. The lowest BCUT2D eigenvalue weighted by Crippen LogP contribution is -2.50. The predicted octanol–water partition coefficient (Wildman–Crippen LogP) is 3.16. The fraction of sp³-hybridized carbons (Fsp3) is 0.471. The molecule has 1 fully saturated rings. The van der Waals surface area contributed by atoms with E-state index < -0.39 is 49.7 Å². The molecule has 0 heterocycles. The molecule has 178 valence electrons. The van der Waals surface area contributed by atoms with Crippen molar-refractivity contribution in [1.82, 2.24) is 10.0 Å².